The number of hydrogen-bond donors (Lipinski definition) is 2. The molecule has 0 radical (unpaired) electrons. The molecule has 0 fully saturated rings. The summed E-state index contributed by atoms with van der Waals surface area (Å²) in [6.07, 6.45) is 1.74. The number of nitrogens with two attached hydrogens (primary N) is 1. The maximum absolute atomic E-state index is 11.6. The molecule has 0 saturated carbocycles. The maximum atomic E-state index is 11.6. The van der Waals surface area contributed by atoms with Gasteiger partial charge < -0.3 is 10.7 Å². The molecule has 1 aromatic carbocycles. The van der Waals surface area contributed by atoms with Crippen LogP contribution in [0, 0.1) is 0 Å². The summed E-state index contributed by atoms with van der Waals surface area (Å²) in [5, 5.41) is 1.17. The molecule has 21 heavy (non-hydrogen) atoms. The summed E-state index contributed by atoms with van der Waals surface area (Å²) >= 11 is 7.62. The quantitative estimate of drug-likeness (QED) is 0.825. The predicted octanol–water partition coefficient (Wildman–Crippen LogP) is 3.55. The lowest BCUT2D eigenvalue weighted by Gasteiger charge is -2.09. The van der Waals surface area contributed by atoms with Crippen LogP contribution in [-0.2, 0) is 6.42 Å². The van der Waals surface area contributed by atoms with Gasteiger partial charge in [0.15, 0.2) is 5.16 Å². The highest BCUT2D eigenvalue weighted by molar-refractivity contribution is 7.99. The molecule has 1 heterocycles. The van der Waals surface area contributed by atoms with Crippen molar-refractivity contribution in [2.75, 3.05) is 0 Å². The van der Waals surface area contributed by atoms with E-state index >= 15 is 0 Å². The van der Waals surface area contributed by atoms with E-state index in [1.54, 1.807) is 0 Å². The Labute approximate surface area is 133 Å². The number of nitrogens with one attached hydrogen (secondary N) is 1. The molecule has 0 saturated heterocycles. The second-order valence-corrected chi connectivity index (χ2v) is 6.31. The van der Waals surface area contributed by atoms with Crippen LogP contribution in [0.15, 0.2) is 39.1 Å². The average molecular weight is 324 g/mol. The Balaban J connectivity index is 2.27. The standard InChI is InChI=1S/C15H18ClN3OS/c1-3-4-11-8-14(20)19-15(18-11)21-13-6-5-10(9(2)17)7-12(13)16/h5-9H,3-4,17H2,1-2H3,(H,18,19,20). The Hall–Kier alpha value is -1.30. The van der Waals surface area contributed by atoms with E-state index in [2.05, 4.69) is 16.9 Å². The van der Waals surface area contributed by atoms with Crippen LogP contribution in [0.2, 0.25) is 5.02 Å². The van der Waals surface area contributed by atoms with Gasteiger partial charge in [-0.3, -0.25) is 4.79 Å². The molecule has 4 nitrogen and oxygen atoms in total. The summed E-state index contributed by atoms with van der Waals surface area (Å²) in [5.74, 6) is 0. The molecule has 0 aliphatic carbocycles. The van der Waals surface area contributed by atoms with Gasteiger partial charge in [-0.05, 0) is 31.0 Å². The molecule has 0 aliphatic heterocycles. The van der Waals surface area contributed by atoms with Gasteiger partial charge in [0, 0.05) is 22.7 Å². The molecular formula is C15H18ClN3OS. The zero-order valence-corrected chi connectivity index (χ0v) is 13.6. The van der Waals surface area contributed by atoms with E-state index in [1.165, 1.54) is 17.8 Å². The van der Waals surface area contributed by atoms with E-state index in [4.69, 9.17) is 17.3 Å². The van der Waals surface area contributed by atoms with Crippen LogP contribution in [0.5, 0.6) is 0 Å². The third kappa shape index (κ3) is 4.33. The van der Waals surface area contributed by atoms with Crippen LogP contribution in [0.25, 0.3) is 0 Å². The lowest BCUT2D eigenvalue weighted by Crippen LogP contribution is -2.09. The van der Waals surface area contributed by atoms with Crippen LogP contribution in [0.3, 0.4) is 0 Å². The molecule has 0 bridgehead atoms. The van der Waals surface area contributed by atoms with Crippen molar-refractivity contribution in [2.24, 2.45) is 5.73 Å². The van der Waals surface area contributed by atoms with Gasteiger partial charge >= 0.3 is 0 Å². The van der Waals surface area contributed by atoms with E-state index in [0.29, 0.717) is 10.2 Å². The number of H-pyrrole nitrogens is 1. The number of nitrogens with zero attached hydrogens (tertiary/aromatic N) is 1. The minimum atomic E-state index is -0.140. The number of halogens is 1. The van der Waals surface area contributed by atoms with Crippen molar-refractivity contribution < 1.29 is 0 Å². The Morgan fingerprint density at radius 3 is 2.81 bits per heavy atom. The van der Waals surface area contributed by atoms with Gasteiger partial charge in [-0.1, -0.05) is 42.8 Å². The van der Waals surface area contributed by atoms with Gasteiger partial charge in [0.1, 0.15) is 0 Å². The Kier molecular flexibility index (Phi) is 5.45. The first-order valence-electron chi connectivity index (χ1n) is 6.82. The lowest BCUT2D eigenvalue weighted by molar-refractivity contribution is 0.814. The molecule has 0 amide bonds. The summed E-state index contributed by atoms with van der Waals surface area (Å²) < 4.78 is 0. The highest BCUT2D eigenvalue weighted by atomic mass is 35.5. The first kappa shape index (κ1) is 16.1. The molecule has 0 aliphatic rings. The fourth-order valence-corrected chi connectivity index (χ4v) is 3.02. The van der Waals surface area contributed by atoms with E-state index in [0.717, 1.165) is 29.0 Å². The molecule has 2 aromatic rings. The van der Waals surface area contributed by atoms with Crippen LogP contribution >= 0.6 is 23.4 Å². The topological polar surface area (TPSA) is 71.8 Å². The largest absolute Gasteiger partial charge is 0.324 e. The van der Waals surface area contributed by atoms with Crippen molar-refractivity contribution in [2.45, 2.75) is 42.8 Å². The van der Waals surface area contributed by atoms with Gasteiger partial charge in [0.25, 0.3) is 5.56 Å². The smallest absolute Gasteiger partial charge is 0.251 e. The highest BCUT2D eigenvalue weighted by Gasteiger charge is 2.09. The molecule has 0 spiro atoms. The minimum absolute atomic E-state index is 0.0626. The van der Waals surface area contributed by atoms with Gasteiger partial charge in [0.2, 0.25) is 0 Å². The molecule has 112 valence electrons. The van der Waals surface area contributed by atoms with Crippen LogP contribution < -0.4 is 11.3 Å². The van der Waals surface area contributed by atoms with Gasteiger partial charge in [-0.15, -0.1) is 0 Å². The van der Waals surface area contributed by atoms with Gasteiger partial charge in [-0.25, -0.2) is 4.98 Å². The second kappa shape index (κ2) is 7.11. The summed E-state index contributed by atoms with van der Waals surface area (Å²) in [6.45, 7) is 3.96. The van der Waals surface area contributed by atoms with Crippen molar-refractivity contribution in [3.05, 3.63) is 50.9 Å². The molecular weight excluding hydrogens is 306 g/mol. The first-order chi connectivity index (χ1) is 9.99. The zero-order chi connectivity index (χ0) is 15.4. The summed E-state index contributed by atoms with van der Waals surface area (Å²) in [4.78, 5) is 19.7. The fourth-order valence-electron chi connectivity index (χ4n) is 1.90. The Morgan fingerprint density at radius 1 is 1.43 bits per heavy atom. The minimum Gasteiger partial charge on any atom is -0.324 e. The van der Waals surface area contributed by atoms with Crippen LogP contribution in [0.1, 0.15) is 37.6 Å². The van der Waals surface area contributed by atoms with E-state index in [9.17, 15) is 4.79 Å². The maximum Gasteiger partial charge on any atom is 0.251 e. The normalized spacial score (nSPS) is 12.4. The average Bonchev–Trinajstić information content (AvgIpc) is 2.40. The highest BCUT2D eigenvalue weighted by Crippen LogP contribution is 2.32. The van der Waals surface area contributed by atoms with Crippen molar-refractivity contribution in [3.63, 3.8) is 0 Å². The van der Waals surface area contributed by atoms with E-state index < -0.39 is 0 Å². The summed E-state index contributed by atoms with van der Waals surface area (Å²) in [5.41, 5.74) is 7.47. The molecule has 1 aromatic heterocycles. The van der Waals surface area contributed by atoms with Crippen molar-refractivity contribution in [1.82, 2.24) is 9.97 Å². The number of rotatable bonds is 5. The van der Waals surface area contributed by atoms with Crippen LogP contribution in [0.4, 0.5) is 0 Å². The molecule has 1 unspecified atom stereocenters. The predicted molar refractivity (Wildman–Crippen MR) is 87.0 cm³/mol. The van der Waals surface area contributed by atoms with Crippen molar-refractivity contribution in [3.8, 4) is 0 Å². The molecule has 2 rings (SSSR count). The molecule has 6 heteroatoms. The lowest BCUT2D eigenvalue weighted by atomic mass is 10.1. The second-order valence-electron chi connectivity index (χ2n) is 4.87. The Morgan fingerprint density at radius 2 is 2.19 bits per heavy atom. The van der Waals surface area contributed by atoms with E-state index in [1.807, 2.05) is 25.1 Å². The number of hydrogen-bond acceptors (Lipinski definition) is 4. The number of aryl methyl sites for hydroxylation is 1. The number of benzene rings is 1. The van der Waals surface area contributed by atoms with E-state index in [-0.39, 0.29) is 11.6 Å². The third-order valence-corrected chi connectivity index (χ3v) is 4.35. The fraction of sp³-hybridized carbons (Fsp3) is 0.333. The first-order valence-corrected chi connectivity index (χ1v) is 8.02. The van der Waals surface area contributed by atoms with Gasteiger partial charge in [-0.2, -0.15) is 0 Å². The summed E-state index contributed by atoms with van der Waals surface area (Å²) in [7, 11) is 0. The molecule has 1 atom stereocenters. The van der Waals surface area contributed by atoms with Crippen molar-refractivity contribution >= 4 is 23.4 Å². The SMILES string of the molecule is CCCc1cc(=O)[nH]c(Sc2ccc(C(C)N)cc2Cl)n1. The summed E-state index contributed by atoms with van der Waals surface area (Å²) in [6, 6.07) is 7.16. The monoisotopic (exact) mass is 323 g/mol. The van der Waals surface area contributed by atoms with Gasteiger partial charge in [0.05, 0.1) is 5.02 Å². The zero-order valence-electron chi connectivity index (χ0n) is 12.0. The van der Waals surface area contributed by atoms with Crippen LogP contribution in [-0.4, -0.2) is 9.97 Å². The van der Waals surface area contributed by atoms with Crippen molar-refractivity contribution in [1.29, 1.82) is 0 Å². The number of aromatic amines is 1. The number of aromatic nitrogens is 2. The third-order valence-electron chi connectivity index (χ3n) is 2.97. The molecule has 3 N–H and O–H groups in total. The Bertz CT molecular complexity index is 685.